The molecule has 10 heteroatoms. The molecule has 0 saturated carbocycles. The smallest absolute Gasteiger partial charge is 0.309 e. The maximum absolute atomic E-state index is 13.5. The minimum atomic E-state index is -1.18. The Labute approximate surface area is 210 Å². The number of fused-ring (bicyclic) bond motifs is 1. The molecule has 0 aliphatic rings. The van der Waals surface area contributed by atoms with Crippen LogP contribution in [-0.2, 0) is 17.8 Å². The fourth-order valence-electron chi connectivity index (χ4n) is 4.18. The molecule has 4 rings (SSSR count). The van der Waals surface area contributed by atoms with E-state index in [1.807, 2.05) is 0 Å². The normalized spacial score (nSPS) is 12.9. The van der Waals surface area contributed by atoms with Gasteiger partial charge in [0.2, 0.25) is 0 Å². The topological polar surface area (TPSA) is 115 Å². The van der Waals surface area contributed by atoms with Crippen LogP contribution in [-0.4, -0.2) is 44.4 Å². The average molecular weight is 510 g/mol. The molecule has 0 fully saturated rings. The molecule has 2 N–H and O–H groups in total. The lowest BCUT2D eigenvalue weighted by Gasteiger charge is -2.19. The fourth-order valence-corrected chi connectivity index (χ4v) is 4.18. The van der Waals surface area contributed by atoms with Crippen molar-refractivity contribution >= 4 is 16.9 Å². The number of hydrogen-bond acceptors (Lipinski definition) is 6. The molecular formula is C27H25F2N3O5. The van der Waals surface area contributed by atoms with E-state index < -0.39 is 35.2 Å². The first-order chi connectivity index (χ1) is 17.8. The summed E-state index contributed by atoms with van der Waals surface area (Å²) in [6.07, 6.45) is -0.599. The molecule has 3 aromatic carbocycles. The van der Waals surface area contributed by atoms with E-state index in [-0.39, 0.29) is 19.4 Å². The minimum absolute atomic E-state index is 0.0182. The first kappa shape index (κ1) is 25.9. The zero-order valence-electron chi connectivity index (χ0n) is 20.0. The van der Waals surface area contributed by atoms with Crippen LogP contribution in [0.2, 0.25) is 0 Å². The second-order valence-electron chi connectivity index (χ2n) is 8.64. The Balaban J connectivity index is 1.39. The van der Waals surface area contributed by atoms with Gasteiger partial charge in [-0.25, -0.2) is 13.5 Å². The Morgan fingerprint density at radius 3 is 2.43 bits per heavy atom. The number of carbonyl (C=O) groups is 1. The first-order valence-corrected chi connectivity index (χ1v) is 11.6. The van der Waals surface area contributed by atoms with Gasteiger partial charge in [-0.3, -0.25) is 9.59 Å². The summed E-state index contributed by atoms with van der Waals surface area (Å²) in [6, 6.07) is 15.7. The summed E-state index contributed by atoms with van der Waals surface area (Å²) in [5.41, 5.74) is 1.97. The van der Waals surface area contributed by atoms with E-state index in [0.29, 0.717) is 34.2 Å². The lowest BCUT2D eigenvalue weighted by atomic mass is 9.93. The van der Waals surface area contributed by atoms with Gasteiger partial charge in [-0.05, 0) is 60.2 Å². The van der Waals surface area contributed by atoms with Crippen LogP contribution >= 0.6 is 0 Å². The van der Waals surface area contributed by atoms with Crippen molar-refractivity contribution in [2.75, 3.05) is 7.11 Å². The van der Waals surface area contributed by atoms with Gasteiger partial charge in [0, 0.05) is 6.54 Å². The summed E-state index contributed by atoms with van der Waals surface area (Å²) in [6.45, 7) is -0.0318. The quantitative estimate of drug-likeness (QED) is 0.334. The molecule has 0 spiro atoms. The van der Waals surface area contributed by atoms with Crippen LogP contribution in [0.1, 0.15) is 18.4 Å². The van der Waals surface area contributed by atoms with Crippen molar-refractivity contribution in [3.8, 4) is 16.9 Å². The van der Waals surface area contributed by atoms with Gasteiger partial charge in [0.05, 0.1) is 24.5 Å². The number of carboxylic acids is 1. The molecule has 0 radical (unpaired) electrons. The summed E-state index contributed by atoms with van der Waals surface area (Å²) < 4.78 is 33.0. The largest absolute Gasteiger partial charge is 0.494 e. The maximum atomic E-state index is 13.5. The Hall–Kier alpha value is -4.18. The lowest BCUT2D eigenvalue weighted by Crippen LogP contribution is -2.32. The molecule has 37 heavy (non-hydrogen) atoms. The minimum Gasteiger partial charge on any atom is -0.494 e. The van der Waals surface area contributed by atoms with E-state index in [1.54, 1.807) is 42.5 Å². The number of hydrogen-bond donors (Lipinski definition) is 2. The van der Waals surface area contributed by atoms with Gasteiger partial charge < -0.3 is 14.9 Å². The molecule has 0 saturated heterocycles. The zero-order chi connectivity index (χ0) is 26.5. The molecule has 1 aromatic heterocycles. The van der Waals surface area contributed by atoms with Crippen LogP contribution in [0.3, 0.4) is 0 Å². The first-order valence-electron chi connectivity index (χ1n) is 11.6. The van der Waals surface area contributed by atoms with E-state index in [4.69, 9.17) is 4.74 Å². The predicted octanol–water partition coefficient (Wildman–Crippen LogP) is 3.83. The van der Waals surface area contributed by atoms with Crippen molar-refractivity contribution in [2.45, 2.75) is 31.9 Å². The summed E-state index contributed by atoms with van der Waals surface area (Å²) in [4.78, 5) is 24.6. The van der Waals surface area contributed by atoms with Gasteiger partial charge in [-0.15, -0.1) is 5.10 Å². The molecule has 0 aliphatic carbocycles. The highest BCUT2D eigenvalue weighted by molar-refractivity contribution is 5.83. The molecule has 2 atom stereocenters. The molecule has 192 valence electrons. The standard InChI is InChI=1S/C27H25F2N3O5/c1-37-24-4-2-3-20-25(24)30-31-32(26(20)34)14-13-19(27(35)36)23(33)12-7-16-5-8-17(9-6-16)18-10-11-21(28)22(29)15-18/h2-6,8-11,15,19,23,33H,7,12-14H2,1H3,(H,35,36)/t19-,23+/m0/s1. The van der Waals surface area contributed by atoms with Gasteiger partial charge in [0.25, 0.3) is 5.56 Å². The van der Waals surface area contributed by atoms with Crippen molar-refractivity contribution in [2.24, 2.45) is 5.92 Å². The zero-order valence-corrected chi connectivity index (χ0v) is 20.0. The number of halogens is 2. The third-order valence-corrected chi connectivity index (χ3v) is 6.31. The van der Waals surface area contributed by atoms with Gasteiger partial charge in [0.15, 0.2) is 11.6 Å². The van der Waals surface area contributed by atoms with Crippen molar-refractivity contribution in [3.05, 3.63) is 88.2 Å². The Morgan fingerprint density at radius 2 is 1.76 bits per heavy atom. The number of aliphatic hydroxyl groups is 1. The number of nitrogens with zero attached hydrogens (tertiary/aromatic N) is 3. The molecule has 0 unspecified atom stereocenters. The van der Waals surface area contributed by atoms with E-state index in [9.17, 15) is 28.6 Å². The van der Waals surface area contributed by atoms with Gasteiger partial charge >= 0.3 is 5.97 Å². The average Bonchev–Trinajstić information content (AvgIpc) is 2.90. The van der Waals surface area contributed by atoms with Crippen LogP contribution in [0.4, 0.5) is 8.78 Å². The second-order valence-corrected chi connectivity index (χ2v) is 8.64. The maximum Gasteiger partial charge on any atom is 0.309 e. The number of carboxylic acid groups (broad SMARTS) is 1. The molecule has 1 heterocycles. The number of methoxy groups -OCH3 is 1. The van der Waals surface area contributed by atoms with E-state index in [2.05, 4.69) is 10.3 Å². The highest BCUT2D eigenvalue weighted by Crippen LogP contribution is 2.24. The predicted molar refractivity (Wildman–Crippen MR) is 132 cm³/mol. The third kappa shape index (κ3) is 5.80. The number of aliphatic carboxylic acids is 1. The molecule has 0 bridgehead atoms. The van der Waals surface area contributed by atoms with Crippen molar-refractivity contribution in [1.29, 1.82) is 0 Å². The van der Waals surface area contributed by atoms with E-state index in [0.717, 1.165) is 22.4 Å². The Kier molecular flexibility index (Phi) is 7.88. The van der Waals surface area contributed by atoms with Crippen molar-refractivity contribution in [3.63, 3.8) is 0 Å². The molecule has 0 amide bonds. The van der Waals surface area contributed by atoms with Crippen LogP contribution in [0.25, 0.3) is 22.0 Å². The third-order valence-electron chi connectivity index (χ3n) is 6.31. The summed E-state index contributed by atoms with van der Waals surface area (Å²) in [5.74, 6) is -3.73. The van der Waals surface area contributed by atoms with Crippen LogP contribution in [0, 0.1) is 17.6 Å². The molecule has 0 aliphatic heterocycles. The number of benzene rings is 3. The highest BCUT2D eigenvalue weighted by atomic mass is 19.2. The molecular weight excluding hydrogens is 484 g/mol. The van der Waals surface area contributed by atoms with Crippen LogP contribution in [0.5, 0.6) is 5.75 Å². The van der Waals surface area contributed by atoms with E-state index in [1.165, 1.54) is 13.2 Å². The van der Waals surface area contributed by atoms with Gasteiger partial charge in [0.1, 0.15) is 11.3 Å². The van der Waals surface area contributed by atoms with E-state index >= 15 is 0 Å². The number of aromatic nitrogens is 3. The van der Waals surface area contributed by atoms with Gasteiger partial charge in [-0.2, -0.15) is 0 Å². The SMILES string of the molecule is COc1cccc2c(=O)n(CC[C@H](C(=O)O)[C@H](O)CCc3ccc(-c4ccc(F)c(F)c4)cc3)nnc12. The van der Waals surface area contributed by atoms with Crippen LogP contribution in [0.15, 0.2) is 65.5 Å². The number of ether oxygens (including phenoxy) is 1. The monoisotopic (exact) mass is 509 g/mol. The molecule has 8 nitrogen and oxygen atoms in total. The Morgan fingerprint density at radius 1 is 1.03 bits per heavy atom. The summed E-state index contributed by atoms with van der Waals surface area (Å²) >= 11 is 0. The van der Waals surface area contributed by atoms with Gasteiger partial charge in [-0.1, -0.05) is 41.6 Å². The number of rotatable bonds is 10. The number of aliphatic hydroxyl groups excluding tert-OH is 1. The van der Waals surface area contributed by atoms with Crippen molar-refractivity contribution < 1.29 is 28.5 Å². The number of aryl methyl sites for hydroxylation is 2. The summed E-state index contributed by atoms with van der Waals surface area (Å²) in [5, 5.41) is 28.5. The summed E-state index contributed by atoms with van der Waals surface area (Å²) in [7, 11) is 1.46. The van der Waals surface area contributed by atoms with Crippen molar-refractivity contribution in [1.82, 2.24) is 15.0 Å². The highest BCUT2D eigenvalue weighted by Gasteiger charge is 2.26. The lowest BCUT2D eigenvalue weighted by molar-refractivity contribution is -0.146. The second kappa shape index (κ2) is 11.3. The Bertz CT molecular complexity index is 1470. The molecule has 4 aromatic rings. The van der Waals surface area contributed by atoms with Crippen LogP contribution < -0.4 is 10.3 Å². The fraction of sp³-hybridized carbons (Fsp3) is 0.259.